The van der Waals surface area contributed by atoms with Gasteiger partial charge in [0.25, 0.3) is 0 Å². The normalized spacial score (nSPS) is 23.7. The smallest absolute Gasteiger partial charge is 0.321 e. The van der Waals surface area contributed by atoms with E-state index in [0.29, 0.717) is 37.6 Å². The zero-order chi connectivity index (χ0) is 13.0. The van der Waals surface area contributed by atoms with Gasteiger partial charge in [-0.15, -0.1) is 0 Å². The SMILES string of the molecule is Cc1cc(NC(=O)NC[C@@H]2C[C@H](O)CCO2)on1. The molecule has 2 heterocycles. The van der Waals surface area contributed by atoms with E-state index in [9.17, 15) is 9.90 Å². The van der Waals surface area contributed by atoms with Gasteiger partial charge in [-0.2, -0.15) is 0 Å². The molecule has 0 radical (unpaired) electrons. The highest BCUT2D eigenvalue weighted by Gasteiger charge is 2.21. The maximum absolute atomic E-state index is 11.5. The van der Waals surface area contributed by atoms with Gasteiger partial charge in [0.05, 0.1) is 17.9 Å². The molecule has 0 unspecified atom stereocenters. The molecule has 1 aromatic rings. The lowest BCUT2D eigenvalue weighted by molar-refractivity contribution is -0.0405. The van der Waals surface area contributed by atoms with E-state index < -0.39 is 0 Å². The molecule has 7 nitrogen and oxygen atoms in total. The molecule has 0 aromatic carbocycles. The summed E-state index contributed by atoms with van der Waals surface area (Å²) in [7, 11) is 0. The molecule has 0 saturated carbocycles. The molecule has 2 rings (SSSR count). The first-order valence-electron chi connectivity index (χ1n) is 5.91. The van der Waals surface area contributed by atoms with E-state index in [4.69, 9.17) is 9.26 Å². The Bertz CT molecular complexity index is 407. The number of nitrogens with zero attached hydrogens (tertiary/aromatic N) is 1. The van der Waals surface area contributed by atoms with Crippen molar-refractivity contribution >= 4 is 11.9 Å². The Labute approximate surface area is 104 Å². The Balaban J connectivity index is 1.71. The number of hydrogen-bond donors (Lipinski definition) is 3. The molecule has 18 heavy (non-hydrogen) atoms. The van der Waals surface area contributed by atoms with Crippen LogP contribution in [-0.2, 0) is 4.74 Å². The standard InChI is InChI=1S/C11H17N3O4/c1-7-4-10(18-14-7)13-11(16)12-6-9-5-8(15)2-3-17-9/h4,8-9,15H,2-3,5-6H2,1H3,(H2,12,13,16)/t8-,9+/m1/s1. The average molecular weight is 255 g/mol. The Hall–Kier alpha value is -1.60. The molecule has 0 spiro atoms. The zero-order valence-electron chi connectivity index (χ0n) is 10.2. The molecular weight excluding hydrogens is 238 g/mol. The molecule has 0 bridgehead atoms. The van der Waals surface area contributed by atoms with Crippen molar-refractivity contribution in [3.63, 3.8) is 0 Å². The van der Waals surface area contributed by atoms with E-state index in [1.54, 1.807) is 13.0 Å². The molecule has 1 saturated heterocycles. The van der Waals surface area contributed by atoms with Gasteiger partial charge >= 0.3 is 6.03 Å². The maximum atomic E-state index is 11.5. The Morgan fingerprint density at radius 3 is 3.17 bits per heavy atom. The van der Waals surface area contributed by atoms with Gasteiger partial charge in [-0.3, -0.25) is 5.32 Å². The topological polar surface area (TPSA) is 96.6 Å². The molecule has 2 amide bonds. The quantitative estimate of drug-likeness (QED) is 0.736. The van der Waals surface area contributed by atoms with Crippen molar-refractivity contribution in [2.24, 2.45) is 0 Å². The van der Waals surface area contributed by atoms with Crippen LogP contribution in [0.5, 0.6) is 0 Å². The summed E-state index contributed by atoms with van der Waals surface area (Å²) >= 11 is 0. The molecule has 1 aliphatic heterocycles. The molecule has 100 valence electrons. The highest BCUT2D eigenvalue weighted by atomic mass is 16.5. The fourth-order valence-corrected chi connectivity index (χ4v) is 1.79. The number of ether oxygens (including phenoxy) is 1. The number of carbonyl (C=O) groups is 1. The second kappa shape index (κ2) is 5.83. The number of aliphatic hydroxyl groups is 1. The fraction of sp³-hybridized carbons (Fsp3) is 0.636. The number of aliphatic hydroxyl groups excluding tert-OH is 1. The van der Waals surface area contributed by atoms with Gasteiger partial charge in [0.2, 0.25) is 5.88 Å². The highest BCUT2D eigenvalue weighted by molar-refractivity contribution is 5.87. The van der Waals surface area contributed by atoms with Crippen LogP contribution in [0.2, 0.25) is 0 Å². The third-order valence-electron chi connectivity index (χ3n) is 2.69. The summed E-state index contributed by atoms with van der Waals surface area (Å²) in [5, 5.41) is 18.3. The minimum Gasteiger partial charge on any atom is -0.393 e. The maximum Gasteiger partial charge on any atom is 0.321 e. The van der Waals surface area contributed by atoms with Gasteiger partial charge in [-0.05, 0) is 13.3 Å². The van der Waals surface area contributed by atoms with Crippen molar-refractivity contribution in [2.45, 2.75) is 32.0 Å². The van der Waals surface area contributed by atoms with E-state index >= 15 is 0 Å². The second-order valence-electron chi connectivity index (χ2n) is 4.34. The lowest BCUT2D eigenvalue weighted by Crippen LogP contribution is -2.40. The molecule has 0 aliphatic carbocycles. The van der Waals surface area contributed by atoms with E-state index in [1.165, 1.54) is 0 Å². The van der Waals surface area contributed by atoms with Gasteiger partial charge in [-0.1, -0.05) is 5.16 Å². The number of amides is 2. The predicted molar refractivity (Wildman–Crippen MR) is 63.2 cm³/mol. The number of carbonyl (C=O) groups excluding carboxylic acids is 1. The van der Waals surface area contributed by atoms with Crippen molar-refractivity contribution < 1.29 is 19.2 Å². The molecule has 1 aliphatic rings. The minimum atomic E-state index is -0.380. The van der Waals surface area contributed by atoms with E-state index in [-0.39, 0.29) is 18.2 Å². The van der Waals surface area contributed by atoms with Gasteiger partial charge < -0.3 is 19.7 Å². The molecule has 2 atom stereocenters. The predicted octanol–water partition coefficient (Wildman–Crippen LogP) is 0.644. The lowest BCUT2D eigenvalue weighted by Gasteiger charge is -2.26. The van der Waals surface area contributed by atoms with Crippen LogP contribution in [0.15, 0.2) is 10.6 Å². The van der Waals surface area contributed by atoms with E-state index in [0.717, 1.165) is 0 Å². The van der Waals surface area contributed by atoms with Crippen LogP contribution >= 0.6 is 0 Å². The minimum absolute atomic E-state index is 0.143. The summed E-state index contributed by atoms with van der Waals surface area (Å²) in [5.74, 6) is 0.301. The van der Waals surface area contributed by atoms with E-state index in [2.05, 4.69) is 15.8 Å². The molecule has 1 fully saturated rings. The van der Waals surface area contributed by atoms with Crippen molar-refractivity contribution in [1.29, 1.82) is 0 Å². The summed E-state index contributed by atoms with van der Waals surface area (Å²) in [6.07, 6.45) is 0.711. The molecule has 3 N–H and O–H groups in total. The molecule has 7 heteroatoms. The number of aromatic nitrogens is 1. The Morgan fingerprint density at radius 1 is 1.67 bits per heavy atom. The monoisotopic (exact) mass is 255 g/mol. The third-order valence-corrected chi connectivity index (χ3v) is 2.69. The van der Waals surface area contributed by atoms with Crippen LogP contribution in [0.3, 0.4) is 0 Å². The van der Waals surface area contributed by atoms with Gasteiger partial charge in [0.15, 0.2) is 0 Å². The summed E-state index contributed by atoms with van der Waals surface area (Å²) in [5.41, 5.74) is 0.698. The van der Waals surface area contributed by atoms with Crippen LogP contribution in [-0.4, -0.2) is 41.7 Å². The fourth-order valence-electron chi connectivity index (χ4n) is 1.79. The number of nitrogens with one attached hydrogen (secondary N) is 2. The first kappa shape index (κ1) is 12.8. The van der Waals surface area contributed by atoms with Crippen LogP contribution < -0.4 is 10.6 Å². The van der Waals surface area contributed by atoms with Crippen LogP contribution in [0, 0.1) is 6.92 Å². The van der Waals surface area contributed by atoms with Crippen molar-refractivity contribution in [1.82, 2.24) is 10.5 Å². The largest absolute Gasteiger partial charge is 0.393 e. The third kappa shape index (κ3) is 3.71. The highest BCUT2D eigenvalue weighted by Crippen LogP contribution is 2.13. The summed E-state index contributed by atoms with van der Waals surface area (Å²) < 4.78 is 10.3. The Kier molecular flexibility index (Phi) is 4.16. The van der Waals surface area contributed by atoms with Crippen LogP contribution in [0.25, 0.3) is 0 Å². The first-order chi connectivity index (χ1) is 8.63. The lowest BCUT2D eigenvalue weighted by atomic mass is 10.1. The summed E-state index contributed by atoms with van der Waals surface area (Å²) in [6, 6.07) is 1.25. The van der Waals surface area contributed by atoms with Gasteiger partial charge in [-0.25, -0.2) is 4.79 Å². The number of aryl methyl sites for hydroxylation is 1. The van der Waals surface area contributed by atoms with E-state index in [1.807, 2.05) is 0 Å². The molecular formula is C11H17N3O4. The summed E-state index contributed by atoms with van der Waals surface area (Å²) in [4.78, 5) is 11.5. The van der Waals surface area contributed by atoms with Crippen molar-refractivity contribution in [3.05, 3.63) is 11.8 Å². The summed E-state index contributed by atoms with van der Waals surface area (Å²) in [6.45, 7) is 2.65. The van der Waals surface area contributed by atoms with Crippen molar-refractivity contribution in [2.75, 3.05) is 18.5 Å². The molecule has 1 aromatic heterocycles. The van der Waals surface area contributed by atoms with Gasteiger partial charge in [0.1, 0.15) is 0 Å². The average Bonchev–Trinajstić information content (AvgIpc) is 2.72. The van der Waals surface area contributed by atoms with Crippen molar-refractivity contribution in [3.8, 4) is 0 Å². The first-order valence-corrected chi connectivity index (χ1v) is 5.91. The second-order valence-corrected chi connectivity index (χ2v) is 4.34. The number of urea groups is 1. The number of rotatable bonds is 3. The number of hydrogen-bond acceptors (Lipinski definition) is 5. The number of anilines is 1. The van der Waals surface area contributed by atoms with Crippen LogP contribution in [0.1, 0.15) is 18.5 Å². The van der Waals surface area contributed by atoms with Crippen LogP contribution in [0.4, 0.5) is 10.7 Å². The van der Waals surface area contributed by atoms with Gasteiger partial charge in [0, 0.05) is 25.6 Å². The zero-order valence-corrected chi connectivity index (χ0v) is 10.2. The Morgan fingerprint density at radius 2 is 2.50 bits per heavy atom.